The SMILES string of the molecule is C1=CCC(c2ccc(N(c3ccccc3)c3ccc(C4=CCCC(N5c6ccccc6C6C=CCCC65)=C4)cc3)cc2)CC1. The van der Waals surface area contributed by atoms with E-state index in [9.17, 15) is 0 Å². The van der Waals surface area contributed by atoms with E-state index in [2.05, 4.69) is 149 Å². The van der Waals surface area contributed by atoms with Gasteiger partial charge in [-0.2, -0.15) is 0 Å². The lowest BCUT2D eigenvalue weighted by molar-refractivity contribution is 0.546. The maximum atomic E-state index is 2.68. The quantitative estimate of drug-likeness (QED) is 0.212. The minimum absolute atomic E-state index is 0.507. The molecule has 2 heteroatoms. The van der Waals surface area contributed by atoms with Gasteiger partial charge in [-0.1, -0.05) is 91.0 Å². The van der Waals surface area contributed by atoms with Crippen LogP contribution in [0.15, 0.2) is 145 Å². The minimum Gasteiger partial charge on any atom is -0.341 e. The van der Waals surface area contributed by atoms with Crippen LogP contribution in [-0.4, -0.2) is 6.04 Å². The minimum atomic E-state index is 0.507. The Morgan fingerprint density at radius 1 is 0.636 bits per heavy atom. The van der Waals surface area contributed by atoms with Crippen molar-refractivity contribution in [3.8, 4) is 0 Å². The van der Waals surface area contributed by atoms with E-state index in [1.165, 1.54) is 76.4 Å². The van der Waals surface area contributed by atoms with Crippen LogP contribution in [0, 0.1) is 0 Å². The lowest BCUT2D eigenvalue weighted by Crippen LogP contribution is -2.34. The standard InChI is InChI=1S/C42H40N2/c1-3-12-31(13-4-1)32-22-26-36(27-23-32)43(35-15-5-2-6-16-35)37-28-24-33(25-29-37)34-14-11-17-38(30-34)44-41-20-9-7-18-39(41)40-19-8-10-21-42(40)44/h1-3,5-9,14-16,18-20,22-31,40,42H,4,10-13,17,21H2. The molecule has 2 nitrogen and oxygen atoms in total. The van der Waals surface area contributed by atoms with Gasteiger partial charge in [-0.3, -0.25) is 0 Å². The Kier molecular flexibility index (Phi) is 7.28. The maximum absolute atomic E-state index is 2.68. The van der Waals surface area contributed by atoms with Crippen LogP contribution >= 0.6 is 0 Å². The number of hydrogen-bond acceptors (Lipinski definition) is 2. The van der Waals surface area contributed by atoms with Crippen LogP contribution in [0.25, 0.3) is 5.57 Å². The zero-order valence-corrected chi connectivity index (χ0v) is 25.4. The molecule has 4 aromatic rings. The van der Waals surface area contributed by atoms with E-state index in [4.69, 9.17) is 0 Å². The Hall–Kier alpha value is -4.56. The fourth-order valence-corrected chi connectivity index (χ4v) is 7.85. The topological polar surface area (TPSA) is 6.48 Å². The van der Waals surface area contributed by atoms with Crippen LogP contribution in [0.3, 0.4) is 0 Å². The van der Waals surface area contributed by atoms with E-state index in [0.717, 1.165) is 19.3 Å². The number of hydrogen-bond donors (Lipinski definition) is 0. The molecule has 3 aliphatic carbocycles. The third-order valence-electron chi connectivity index (χ3n) is 10.0. The first kappa shape index (κ1) is 27.0. The Bertz CT molecular complexity index is 1740. The van der Waals surface area contributed by atoms with Gasteiger partial charge < -0.3 is 9.80 Å². The first-order valence-electron chi connectivity index (χ1n) is 16.5. The van der Waals surface area contributed by atoms with Crippen molar-refractivity contribution in [2.24, 2.45) is 0 Å². The van der Waals surface area contributed by atoms with Gasteiger partial charge in [0.05, 0.1) is 0 Å². The molecule has 0 aromatic heterocycles. The molecule has 0 radical (unpaired) electrons. The van der Waals surface area contributed by atoms with E-state index in [1.807, 2.05) is 0 Å². The maximum Gasteiger partial charge on any atom is 0.0462 e. The molecule has 3 atom stereocenters. The fourth-order valence-electron chi connectivity index (χ4n) is 7.85. The molecule has 4 aliphatic rings. The van der Waals surface area contributed by atoms with E-state index in [1.54, 1.807) is 0 Å². The fraction of sp³-hybridized carbons (Fsp3) is 0.238. The molecule has 0 bridgehead atoms. The van der Waals surface area contributed by atoms with Crippen molar-refractivity contribution in [1.29, 1.82) is 0 Å². The summed E-state index contributed by atoms with van der Waals surface area (Å²) in [6, 6.07) is 38.8. The van der Waals surface area contributed by atoms with Gasteiger partial charge in [0.15, 0.2) is 0 Å². The van der Waals surface area contributed by atoms with Crippen molar-refractivity contribution in [3.63, 3.8) is 0 Å². The predicted molar refractivity (Wildman–Crippen MR) is 186 cm³/mol. The van der Waals surface area contributed by atoms with Gasteiger partial charge in [-0.25, -0.2) is 0 Å². The van der Waals surface area contributed by atoms with Crippen molar-refractivity contribution < 1.29 is 0 Å². The van der Waals surface area contributed by atoms with Crippen LogP contribution in [0.1, 0.15) is 73.5 Å². The molecule has 1 aliphatic heterocycles. The number of benzene rings is 4. The average Bonchev–Trinajstić information content (AvgIpc) is 3.44. The number of nitrogens with zero attached hydrogens (tertiary/aromatic N) is 2. The highest BCUT2D eigenvalue weighted by Crippen LogP contribution is 2.48. The van der Waals surface area contributed by atoms with Crippen LogP contribution in [-0.2, 0) is 0 Å². The summed E-state index contributed by atoms with van der Waals surface area (Å²) in [4.78, 5) is 5.05. The molecule has 0 saturated heterocycles. The summed E-state index contributed by atoms with van der Waals surface area (Å²) in [5.74, 6) is 1.14. The molecular weight excluding hydrogens is 532 g/mol. The molecule has 0 spiro atoms. The van der Waals surface area contributed by atoms with Crippen molar-refractivity contribution in [2.75, 3.05) is 9.80 Å². The number of rotatable bonds is 6. The predicted octanol–water partition coefficient (Wildman–Crippen LogP) is 11.4. The van der Waals surface area contributed by atoms with E-state index in [0.29, 0.717) is 17.9 Å². The molecular formula is C42H40N2. The molecule has 0 amide bonds. The summed E-state index contributed by atoms with van der Waals surface area (Å²) < 4.78 is 0. The first-order valence-corrected chi connectivity index (χ1v) is 16.5. The third kappa shape index (κ3) is 5.03. The Labute approximate surface area is 262 Å². The molecule has 218 valence electrons. The van der Waals surface area contributed by atoms with Crippen LogP contribution in [0.2, 0.25) is 0 Å². The highest BCUT2D eigenvalue weighted by atomic mass is 15.2. The lowest BCUT2D eigenvalue weighted by atomic mass is 9.87. The smallest absolute Gasteiger partial charge is 0.0462 e. The summed E-state index contributed by atoms with van der Waals surface area (Å²) in [7, 11) is 0. The van der Waals surface area contributed by atoms with Crippen LogP contribution < -0.4 is 9.80 Å². The Morgan fingerprint density at radius 3 is 2.16 bits per heavy atom. The van der Waals surface area contributed by atoms with Crippen molar-refractivity contribution in [3.05, 3.63) is 162 Å². The number of para-hydroxylation sites is 2. The van der Waals surface area contributed by atoms with Crippen LogP contribution in [0.4, 0.5) is 22.7 Å². The monoisotopic (exact) mass is 572 g/mol. The molecule has 3 unspecified atom stereocenters. The molecule has 0 N–H and O–H groups in total. The number of anilines is 4. The highest BCUT2D eigenvalue weighted by Gasteiger charge is 2.39. The van der Waals surface area contributed by atoms with E-state index >= 15 is 0 Å². The van der Waals surface area contributed by atoms with E-state index in [-0.39, 0.29) is 0 Å². The zero-order chi connectivity index (χ0) is 29.3. The molecule has 0 saturated carbocycles. The van der Waals surface area contributed by atoms with Crippen molar-refractivity contribution in [1.82, 2.24) is 0 Å². The van der Waals surface area contributed by atoms with Gasteiger partial charge in [-0.05, 0) is 122 Å². The van der Waals surface area contributed by atoms with Gasteiger partial charge in [0.1, 0.15) is 0 Å². The summed E-state index contributed by atoms with van der Waals surface area (Å²) >= 11 is 0. The summed E-state index contributed by atoms with van der Waals surface area (Å²) in [6.07, 6.45) is 22.5. The van der Waals surface area contributed by atoms with Gasteiger partial charge in [0, 0.05) is 40.4 Å². The molecule has 8 rings (SSSR count). The first-order chi connectivity index (χ1) is 21.8. The van der Waals surface area contributed by atoms with Gasteiger partial charge >= 0.3 is 0 Å². The normalized spacial score (nSPS) is 22.2. The molecule has 0 fully saturated rings. The van der Waals surface area contributed by atoms with Crippen molar-refractivity contribution >= 4 is 28.3 Å². The van der Waals surface area contributed by atoms with Gasteiger partial charge in [0.2, 0.25) is 0 Å². The summed E-state index contributed by atoms with van der Waals surface area (Å²) in [5.41, 5.74) is 12.0. The lowest BCUT2D eigenvalue weighted by Gasteiger charge is -2.34. The largest absolute Gasteiger partial charge is 0.341 e. The van der Waals surface area contributed by atoms with Gasteiger partial charge in [-0.15, -0.1) is 0 Å². The second-order valence-corrected chi connectivity index (χ2v) is 12.7. The second-order valence-electron chi connectivity index (χ2n) is 12.7. The number of fused-ring (bicyclic) bond motifs is 3. The summed E-state index contributed by atoms with van der Waals surface area (Å²) in [6.45, 7) is 0. The van der Waals surface area contributed by atoms with Crippen molar-refractivity contribution in [2.45, 2.75) is 62.8 Å². The summed E-state index contributed by atoms with van der Waals surface area (Å²) in [5, 5.41) is 0. The number of allylic oxidation sites excluding steroid dienone is 7. The Balaban J connectivity index is 1.09. The zero-order valence-electron chi connectivity index (χ0n) is 25.4. The third-order valence-corrected chi connectivity index (χ3v) is 10.0. The second kappa shape index (κ2) is 11.8. The average molecular weight is 573 g/mol. The molecule has 44 heavy (non-hydrogen) atoms. The van der Waals surface area contributed by atoms with Gasteiger partial charge in [0.25, 0.3) is 0 Å². The van der Waals surface area contributed by atoms with E-state index < -0.39 is 0 Å². The molecule has 1 heterocycles. The Morgan fingerprint density at radius 2 is 1.36 bits per heavy atom. The molecule has 4 aromatic carbocycles. The van der Waals surface area contributed by atoms with Crippen LogP contribution in [0.5, 0.6) is 0 Å². The highest BCUT2D eigenvalue weighted by molar-refractivity contribution is 5.81.